The lowest BCUT2D eigenvalue weighted by atomic mass is 9.69. The Bertz CT molecular complexity index is 1330. The van der Waals surface area contributed by atoms with Gasteiger partial charge in [-0.1, -0.05) is 45.4 Å². The number of hydrogen-bond donors (Lipinski definition) is 2. The van der Waals surface area contributed by atoms with Crippen LogP contribution in [0, 0.1) is 11.3 Å². The van der Waals surface area contributed by atoms with Crippen molar-refractivity contribution in [2.24, 2.45) is 11.3 Å². The zero-order valence-electron chi connectivity index (χ0n) is 19.1. The van der Waals surface area contributed by atoms with Gasteiger partial charge >= 0.3 is 5.88 Å². The summed E-state index contributed by atoms with van der Waals surface area (Å²) < 4.78 is 6.85. The Hall–Kier alpha value is -3.26. The van der Waals surface area contributed by atoms with Gasteiger partial charge < -0.3 is 5.73 Å². The summed E-state index contributed by atoms with van der Waals surface area (Å²) in [6.07, 6.45) is 5.90. The summed E-state index contributed by atoms with van der Waals surface area (Å²) in [7, 11) is 0. The maximum atomic E-state index is 13.0. The number of nitrogens with one attached hydrogen (secondary N) is 1. The van der Waals surface area contributed by atoms with Gasteiger partial charge in [0.15, 0.2) is 0 Å². The molecular formula is C25H28N5O2S+. The summed E-state index contributed by atoms with van der Waals surface area (Å²) in [5, 5.41) is 7.60. The van der Waals surface area contributed by atoms with Crippen molar-refractivity contribution in [3.8, 4) is 5.69 Å². The minimum atomic E-state index is -0.324. The predicted molar refractivity (Wildman–Crippen MR) is 130 cm³/mol. The van der Waals surface area contributed by atoms with Crippen LogP contribution in [0.3, 0.4) is 0 Å². The standard InChI is InChI=1S/C25H27N5O2S/c1-4-25(2,3)16-10-11-19-15(12-16)13-18-21(26)22(33-24(18)27-19)23(31)28-20-14-30(29-32-20)17-8-6-5-7-9-17/h5-9,13-14,16H,4,10-12H2,1-3H3,(H2-,26,28,29,31)/p+1. The first-order valence-electron chi connectivity index (χ1n) is 11.3. The molecule has 3 N–H and O–H groups in total. The highest BCUT2D eigenvalue weighted by Crippen LogP contribution is 2.42. The van der Waals surface area contributed by atoms with Crippen LogP contribution < -0.4 is 15.7 Å². The first-order valence-corrected chi connectivity index (χ1v) is 12.1. The Balaban J connectivity index is 1.40. The largest absolute Gasteiger partial charge is 0.397 e. The number of nitrogens with zero attached hydrogens (tertiary/aromatic N) is 3. The van der Waals surface area contributed by atoms with Gasteiger partial charge in [0, 0.05) is 23.2 Å². The van der Waals surface area contributed by atoms with E-state index in [1.807, 2.05) is 30.3 Å². The van der Waals surface area contributed by atoms with Crippen LogP contribution in [0.5, 0.6) is 0 Å². The van der Waals surface area contributed by atoms with E-state index < -0.39 is 0 Å². The second kappa shape index (κ2) is 8.26. The number of rotatable bonds is 5. The van der Waals surface area contributed by atoms with Crippen molar-refractivity contribution in [1.29, 1.82) is 0 Å². The Morgan fingerprint density at radius 1 is 1.33 bits per heavy atom. The predicted octanol–water partition coefficient (Wildman–Crippen LogP) is 4.94. The van der Waals surface area contributed by atoms with Crippen molar-refractivity contribution in [1.82, 2.24) is 10.3 Å². The van der Waals surface area contributed by atoms with Crippen LogP contribution in [-0.4, -0.2) is 16.2 Å². The second-order valence-corrected chi connectivity index (χ2v) is 10.4. The maximum absolute atomic E-state index is 13.0. The van der Waals surface area contributed by atoms with Crippen molar-refractivity contribution >= 4 is 39.0 Å². The number of benzene rings is 1. The Labute approximate surface area is 196 Å². The van der Waals surface area contributed by atoms with Crippen LogP contribution in [-0.2, 0) is 12.8 Å². The lowest BCUT2D eigenvalue weighted by Gasteiger charge is -2.36. The van der Waals surface area contributed by atoms with E-state index >= 15 is 0 Å². The number of para-hydroxylation sites is 1. The Morgan fingerprint density at radius 3 is 2.88 bits per heavy atom. The fourth-order valence-corrected chi connectivity index (χ4v) is 5.48. The molecule has 5 rings (SSSR count). The summed E-state index contributed by atoms with van der Waals surface area (Å²) >= 11 is 1.32. The fraction of sp³-hybridized carbons (Fsp3) is 0.360. The van der Waals surface area contributed by atoms with E-state index in [-0.39, 0.29) is 11.8 Å². The van der Waals surface area contributed by atoms with Crippen LogP contribution in [0.1, 0.15) is 54.5 Å². The number of amides is 1. The average Bonchev–Trinajstić information content (AvgIpc) is 3.42. The minimum Gasteiger partial charge on any atom is -0.397 e. The number of fused-ring (bicyclic) bond motifs is 2. The molecule has 0 bridgehead atoms. The lowest BCUT2D eigenvalue weighted by Crippen LogP contribution is -2.31. The van der Waals surface area contributed by atoms with Gasteiger partial charge in [0.05, 0.1) is 5.69 Å². The first kappa shape index (κ1) is 21.6. The van der Waals surface area contributed by atoms with Gasteiger partial charge in [-0.05, 0) is 46.9 Å². The van der Waals surface area contributed by atoms with Crippen molar-refractivity contribution in [2.45, 2.75) is 46.5 Å². The molecule has 8 heteroatoms. The summed E-state index contributed by atoms with van der Waals surface area (Å²) in [4.78, 5) is 19.1. The van der Waals surface area contributed by atoms with Crippen LogP contribution in [0.25, 0.3) is 15.9 Å². The molecular weight excluding hydrogens is 434 g/mol. The summed E-state index contributed by atoms with van der Waals surface area (Å²) in [5.41, 5.74) is 10.4. The van der Waals surface area contributed by atoms with Crippen molar-refractivity contribution < 1.29 is 14.0 Å². The van der Waals surface area contributed by atoms with Crippen LogP contribution in [0.15, 0.2) is 47.1 Å². The number of anilines is 2. The molecule has 0 spiro atoms. The van der Waals surface area contributed by atoms with Crippen molar-refractivity contribution in [3.05, 3.63) is 58.7 Å². The number of carbonyl (C=O) groups excluding carboxylic acids is 1. The van der Waals surface area contributed by atoms with E-state index in [4.69, 9.17) is 15.2 Å². The smallest absolute Gasteiger partial charge is 0.303 e. The van der Waals surface area contributed by atoms with Gasteiger partial charge in [0.2, 0.25) is 11.0 Å². The maximum Gasteiger partial charge on any atom is 0.303 e. The van der Waals surface area contributed by atoms with Crippen molar-refractivity contribution in [3.63, 3.8) is 0 Å². The molecule has 1 aromatic carbocycles. The molecule has 0 aliphatic heterocycles. The van der Waals surface area contributed by atoms with E-state index in [0.717, 1.165) is 47.3 Å². The van der Waals surface area contributed by atoms with Gasteiger partial charge in [-0.3, -0.25) is 14.6 Å². The van der Waals surface area contributed by atoms with Crippen LogP contribution >= 0.6 is 11.3 Å². The third kappa shape index (κ3) is 3.99. The van der Waals surface area contributed by atoms with Gasteiger partial charge in [0.25, 0.3) is 12.1 Å². The van der Waals surface area contributed by atoms with E-state index in [1.54, 1.807) is 10.9 Å². The molecule has 3 heterocycles. The quantitative estimate of drug-likeness (QED) is 0.410. The molecule has 7 nitrogen and oxygen atoms in total. The fourth-order valence-electron chi connectivity index (χ4n) is 4.49. The van der Waals surface area contributed by atoms with Crippen LogP contribution in [0.2, 0.25) is 0 Å². The van der Waals surface area contributed by atoms with E-state index in [1.165, 1.54) is 16.9 Å². The highest BCUT2D eigenvalue weighted by molar-refractivity contribution is 7.21. The van der Waals surface area contributed by atoms with Gasteiger partial charge in [-0.15, -0.1) is 11.3 Å². The van der Waals surface area contributed by atoms with Gasteiger partial charge in [-0.2, -0.15) is 0 Å². The molecule has 1 atom stereocenters. The summed E-state index contributed by atoms with van der Waals surface area (Å²) in [6, 6.07) is 11.7. The first-order chi connectivity index (χ1) is 15.9. The van der Waals surface area contributed by atoms with Crippen LogP contribution in [0.4, 0.5) is 11.6 Å². The van der Waals surface area contributed by atoms with E-state index in [9.17, 15) is 4.79 Å². The molecule has 33 heavy (non-hydrogen) atoms. The number of carbonyl (C=O) groups is 1. The number of pyridine rings is 1. The number of aromatic nitrogens is 3. The molecule has 4 aromatic rings. The van der Waals surface area contributed by atoms with Gasteiger partial charge in [-0.25, -0.2) is 4.98 Å². The number of hydrogen-bond acceptors (Lipinski definition) is 6. The molecule has 0 saturated carbocycles. The minimum absolute atomic E-state index is 0.248. The zero-order valence-corrected chi connectivity index (χ0v) is 19.9. The monoisotopic (exact) mass is 462 g/mol. The van der Waals surface area contributed by atoms with E-state index in [2.05, 4.69) is 37.4 Å². The second-order valence-electron chi connectivity index (χ2n) is 9.37. The molecule has 170 valence electrons. The number of thiophene rings is 1. The molecule has 3 aromatic heterocycles. The Kier molecular flexibility index (Phi) is 5.40. The SMILES string of the molecule is CCC(C)(C)C1CCc2nc3sc(C(=O)Nc4c[n+](-c5ccccc5)no4)c(N)c3cc2C1. The van der Waals surface area contributed by atoms with E-state index in [0.29, 0.717) is 21.9 Å². The molecule has 1 aliphatic carbocycles. The highest BCUT2D eigenvalue weighted by atomic mass is 32.1. The molecule has 1 amide bonds. The third-order valence-electron chi connectivity index (χ3n) is 7.03. The molecule has 0 fully saturated rings. The Morgan fingerprint density at radius 2 is 2.12 bits per heavy atom. The average molecular weight is 463 g/mol. The zero-order chi connectivity index (χ0) is 23.2. The number of nitrogen functional groups attached to an aromatic ring is 1. The van der Waals surface area contributed by atoms with Gasteiger partial charge in [0.1, 0.15) is 9.71 Å². The molecule has 0 saturated heterocycles. The third-order valence-corrected chi connectivity index (χ3v) is 8.15. The highest BCUT2D eigenvalue weighted by Gasteiger charge is 2.32. The number of aryl methyl sites for hydroxylation is 1. The normalized spacial score (nSPS) is 16.0. The van der Waals surface area contributed by atoms with Crippen molar-refractivity contribution in [2.75, 3.05) is 11.1 Å². The summed E-state index contributed by atoms with van der Waals surface area (Å²) in [6.45, 7) is 6.95. The topological polar surface area (TPSA) is 97.9 Å². The number of nitrogens with two attached hydrogens (primary N) is 1. The molecule has 1 unspecified atom stereocenters. The molecule has 1 aliphatic rings. The lowest BCUT2D eigenvalue weighted by molar-refractivity contribution is -0.670. The summed E-state index contributed by atoms with van der Waals surface area (Å²) in [5.74, 6) is 0.548. The molecule has 0 radical (unpaired) electrons.